The van der Waals surface area contributed by atoms with Gasteiger partial charge in [-0.1, -0.05) is 8.44 Å². The molecular weight excluding hydrogens is 163 g/mol. The molecule has 0 rings (SSSR count). The normalized spacial score (nSPS) is 11.7. The molecule has 0 aromatic carbocycles. The molecule has 0 spiro atoms. The lowest BCUT2D eigenvalue weighted by Crippen LogP contribution is -1.68. The van der Waals surface area contributed by atoms with Crippen LogP contribution in [0.1, 0.15) is 0 Å². The quantitative estimate of drug-likeness (QED) is 0.329. The molecular formula is H2ClO2PS2. The van der Waals surface area contributed by atoms with Gasteiger partial charge in [-0.05, 0) is 0 Å². The first kappa shape index (κ1) is 7.02. The van der Waals surface area contributed by atoms with E-state index < -0.39 is 8.08 Å². The van der Waals surface area contributed by atoms with Crippen LogP contribution < -0.4 is 0 Å². The Balaban J connectivity index is 3.85. The summed E-state index contributed by atoms with van der Waals surface area (Å²) >= 11 is 0. The molecule has 1 atom stereocenters. The van der Waals surface area contributed by atoms with Crippen LogP contribution in [0.15, 0.2) is 0 Å². The van der Waals surface area contributed by atoms with Gasteiger partial charge in [0.25, 0.3) is 8.08 Å². The lowest BCUT2D eigenvalue weighted by Gasteiger charge is -1.76. The van der Waals surface area contributed by atoms with Crippen molar-refractivity contribution < 1.29 is 8.42 Å². The second-order valence-electron chi connectivity index (χ2n) is 0.489. The van der Waals surface area contributed by atoms with Crippen molar-refractivity contribution in [1.29, 1.82) is 0 Å². The Kier molecular flexibility index (Phi) is 2.76. The third-order valence-corrected chi connectivity index (χ3v) is 5.07. The molecule has 0 aromatic rings. The smallest absolute Gasteiger partial charge is 0.200 e. The third kappa shape index (κ3) is 5.02. The van der Waals surface area contributed by atoms with Crippen LogP contribution in [0.4, 0.5) is 0 Å². The van der Waals surface area contributed by atoms with Crippen LogP contribution in [-0.2, 0) is 8.08 Å². The molecule has 0 aliphatic carbocycles. The van der Waals surface area contributed by atoms with Crippen molar-refractivity contribution in [3.8, 4) is 0 Å². The molecule has 0 heterocycles. The summed E-state index contributed by atoms with van der Waals surface area (Å²) in [6, 6.07) is 0. The van der Waals surface area contributed by atoms with Crippen LogP contribution in [0.2, 0.25) is 0 Å². The van der Waals surface area contributed by atoms with Crippen LogP contribution >= 0.6 is 29.5 Å². The largest absolute Gasteiger partial charge is 0.288 e. The van der Waals surface area contributed by atoms with Crippen molar-refractivity contribution in [2.45, 2.75) is 0 Å². The van der Waals surface area contributed by atoms with Gasteiger partial charge in [-0.15, -0.1) is 0 Å². The summed E-state index contributed by atoms with van der Waals surface area (Å²) in [7, 11) is 3.78. The van der Waals surface area contributed by atoms with E-state index in [2.05, 4.69) is 10.7 Å². The standard InChI is InChI=1S/ClH2O2PS2/c1-6(2,3)5-4/h4H2. The highest BCUT2D eigenvalue weighted by atomic mass is 35.8. The maximum absolute atomic E-state index is 9.71. The van der Waals surface area contributed by atoms with Crippen LogP contribution in [0.3, 0.4) is 0 Å². The highest BCUT2D eigenvalue weighted by molar-refractivity contribution is 8.96. The zero-order chi connectivity index (χ0) is 5.21. The number of rotatable bonds is 1. The molecule has 0 aliphatic rings. The Morgan fingerprint density at radius 2 is 1.83 bits per heavy atom. The second-order valence-corrected chi connectivity index (χ2v) is 6.86. The number of hydrogen-bond donors (Lipinski definition) is 0. The van der Waals surface area contributed by atoms with Crippen molar-refractivity contribution in [2.75, 3.05) is 0 Å². The first-order chi connectivity index (χ1) is 2.56. The zero-order valence-corrected chi connectivity index (χ0v) is 6.13. The van der Waals surface area contributed by atoms with Crippen LogP contribution in [0.5, 0.6) is 0 Å². The molecule has 0 N–H and O–H groups in total. The van der Waals surface area contributed by atoms with E-state index in [1.807, 2.05) is 8.44 Å². The molecule has 0 radical (unpaired) electrons. The Bertz CT molecular complexity index is 114. The maximum Gasteiger partial charge on any atom is 0.288 e. The van der Waals surface area contributed by atoms with Gasteiger partial charge < -0.3 is 0 Å². The van der Waals surface area contributed by atoms with E-state index in [0.29, 0.717) is 10.4 Å². The van der Waals surface area contributed by atoms with Crippen molar-refractivity contribution in [3.05, 3.63) is 0 Å². The average molecular weight is 165 g/mol. The summed E-state index contributed by atoms with van der Waals surface area (Å²) in [5.74, 6) is 0. The van der Waals surface area contributed by atoms with E-state index in [0.717, 1.165) is 0 Å². The van der Waals surface area contributed by atoms with Crippen molar-refractivity contribution in [2.24, 2.45) is 0 Å². The summed E-state index contributed by atoms with van der Waals surface area (Å²) in [6.45, 7) is 0. The molecule has 38 valence electrons. The lowest BCUT2D eigenvalue weighted by molar-refractivity contribution is 0.622. The highest BCUT2D eigenvalue weighted by Crippen LogP contribution is 2.23. The second kappa shape index (κ2) is 2.36. The fourth-order valence-corrected chi connectivity index (χ4v) is 0. The predicted octanol–water partition coefficient (Wildman–Crippen LogP) is 0.993. The third-order valence-electron chi connectivity index (χ3n) is 0.115. The fourth-order valence-electron chi connectivity index (χ4n) is 0. The van der Waals surface area contributed by atoms with Crippen LogP contribution in [0.25, 0.3) is 0 Å². The molecule has 1 unspecified atom stereocenters. The fraction of sp³-hybridized carbons (Fsp3) is 0. The van der Waals surface area contributed by atoms with E-state index in [-0.39, 0.29) is 0 Å². The van der Waals surface area contributed by atoms with Crippen LogP contribution in [0, 0.1) is 0 Å². The average Bonchev–Trinajstić information content (AvgIpc) is 1.35. The Hall–Kier alpha value is 1.02. The topological polar surface area (TPSA) is 34.1 Å². The Labute approximate surface area is 46.4 Å². The lowest BCUT2D eigenvalue weighted by atomic mass is 15.9. The SMILES string of the molecule is O=S(=O)(Cl)SP. The monoisotopic (exact) mass is 164 g/mol. The van der Waals surface area contributed by atoms with Gasteiger partial charge in [0, 0.05) is 21.1 Å². The van der Waals surface area contributed by atoms with Gasteiger partial charge >= 0.3 is 0 Å². The minimum Gasteiger partial charge on any atom is -0.200 e. The van der Waals surface area contributed by atoms with Crippen molar-refractivity contribution in [3.63, 3.8) is 0 Å². The van der Waals surface area contributed by atoms with Crippen molar-refractivity contribution >= 4 is 37.6 Å². The van der Waals surface area contributed by atoms with E-state index in [1.54, 1.807) is 0 Å². The van der Waals surface area contributed by atoms with Crippen molar-refractivity contribution in [1.82, 2.24) is 0 Å². The van der Waals surface area contributed by atoms with Gasteiger partial charge in [0.2, 0.25) is 0 Å². The minimum absolute atomic E-state index is 0.536. The van der Waals surface area contributed by atoms with Gasteiger partial charge in [-0.2, -0.15) is 0 Å². The van der Waals surface area contributed by atoms with E-state index in [1.165, 1.54) is 0 Å². The van der Waals surface area contributed by atoms with Gasteiger partial charge in [0.15, 0.2) is 0 Å². The summed E-state index contributed by atoms with van der Waals surface area (Å²) in [4.78, 5) is 0. The molecule has 0 bridgehead atoms. The zero-order valence-electron chi connectivity index (χ0n) is 2.59. The van der Waals surface area contributed by atoms with Gasteiger partial charge in [0.1, 0.15) is 0 Å². The predicted molar refractivity (Wildman–Crippen MR) is 32.1 cm³/mol. The first-order valence-corrected chi connectivity index (χ1v) is 6.01. The first-order valence-electron chi connectivity index (χ1n) is 0.890. The van der Waals surface area contributed by atoms with Gasteiger partial charge in [-0.3, -0.25) is 0 Å². The summed E-state index contributed by atoms with van der Waals surface area (Å²) in [5, 5.41) is 0. The maximum atomic E-state index is 9.71. The summed E-state index contributed by atoms with van der Waals surface area (Å²) < 4.78 is 19.4. The molecule has 0 aromatic heterocycles. The number of hydrogen-bond acceptors (Lipinski definition) is 3. The highest BCUT2D eigenvalue weighted by Gasteiger charge is 1.96. The molecule has 0 saturated carbocycles. The van der Waals surface area contributed by atoms with E-state index in [4.69, 9.17) is 0 Å². The molecule has 0 saturated heterocycles. The molecule has 6 heavy (non-hydrogen) atoms. The molecule has 0 fully saturated rings. The van der Waals surface area contributed by atoms with E-state index >= 15 is 0 Å². The number of halogens is 1. The molecule has 0 aliphatic heterocycles. The summed E-state index contributed by atoms with van der Waals surface area (Å²) in [6.07, 6.45) is 0. The Morgan fingerprint density at radius 1 is 1.67 bits per heavy atom. The van der Waals surface area contributed by atoms with Gasteiger partial charge in [-0.25, -0.2) is 8.42 Å². The van der Waals surface area contributed by atoms with Gasteiger partial charge in [0.05, 0.1) is 0 Å². The molecule has 6 heteroatoms. The molecule has 0 amide bonds. The van der Waals surface area contributed by atoms with Crippen LogP contribution in [-0.4, -0.2) is 8.42 Å². The molecule has 2 nitrogen and oxygen atoms in total. The van der Waals surface area contributed by atoms with E-state index in [9.17, 15) is 8.42 Å². The Morgan fingerprint density at radius 3 is 1.83 bits per heavy atom. The minimum atomic E-state index is -3.31. The summed E-state index contributed by atoms with van der Waals surface area (Å²) in [5.41, 5.74) is 0.